The van der Waals surface area contributed by atoms with Crippen molar-refractivity contribution in [2.45, 2.75) is 50.9 Å². The molecule has 2 fully saturated rings. The number of hydrogen-bond acceptors (Lipinski definition) is 3. The van der Waals surface area contributed by atoms with Crippen LogP contribution in [-0.4, -0.2) is 36.3 Å². The van der Waals surface area contributed by atoms with Crippen LogP contribution in [0.25, 0.3) is 0 Å². The highest BCUT2D eigenvalue weighted by molar-refractivity contribution is 5.81. The van der Waals surface area contributed by atoms with Crippen molar-refractivity contribution in [2.24, 2.45) is 11.8 Å². The van der Waals surface area contributed by atoms with Crippen molar-refractivity contribution in [3.8, 4) is 0 Å². The summed E-state index contributed by atoms with van der Waals surface area (Å²) in [5, 5.41) is 3.13. The standard InChI is InChI=1S/C25H32N2O3/c28-24(20-13-16-27(17-14-20)25(29)21-9-4-5-10-21)26-15-12-22(23-11-6-18-30-23)19-7-2-1-3-8-19/h1-3,6-8,11,18,20-22H,4-5,9-10,12-17H2,(H,26,28)/t22-/m1/s1. The predicted octanol–water partition coefficient (Wildman–Crippen LogP) is 4.35. The molecule has 0 bridgehead atoms. The number of carbonyl (C=O) groups is 2. The first-order valence-corrected chi connectivity index (χ1v) is 11.4. The Bertz CT molecular complexity index is 804. The molecule has 2 heterocycles. The number of piperidine rings is 1. The Morgan fingerprint density at radius 3 is 2.37 bits per heavy atom. The lowest BCUT2D eigenvalue weighted by atomic mass is 9.92. The van der Waals surface area contributed by atoms with Crippen molar-refractivity contribution in [1.82, 2.24) is 10.2 Å². The Morgan fingerprint density at radius 2 is 1.70 bits per heavy atom. The lowest BCUT2D eigenvalue weighted by Crippen LogP contribution is -2.44. The third-order valence-corrected chi connectivity index (χ3v) is 6.70. The van der Waals surface area contributed by atoms with E-state index in [1.807, 2.05) is 35.2 Å². The monoisotopic (exact) mass is 408 g/mol. The molecule has 1 aliphatic carbocycles. The minimum atomic E-state index is 0.0106. The lowest BCUT2D eigenvalue weighted by Gasteiger charge is -2.33. The van der Waals surface area contributed by atoms with Crippen molar-refractivity contribution in [3.05, 3.63) is 60.1 Å². The van der Waals surface area contributed by atoms with Gasteiger partial charge in [-0.15, -0.1) is 0 Å². The molecule has 2 amide bonds. The van der Waals surface area contributed by atoms with E-state index in [4.69, 9.17) is 4.42 Å². The van der Waals surface area contributed by atoms with Gasteiger partial charge in [-0.3, -0.25) is 9.59 Å². The molecule has 2 aromatic rings. The largest absolute Gasteiger partial charge is 0.469 e. The molecule has 1 aliphatic heterocycles. The van der Waals surface area contributed by atoms with Crippen LogP contribution in [0.5, 0.6) is 0 Å². The number of likely N-dealkylation sites (tertiary alicyclic amines) is 1. The summed E-state index contributed by atoms with van der Waals surface area (Å²) in [5.41, 5.74) is 1.19. The highest BCUT2D eigenvalue weighted by atomic mass is 16.3. The molecule has 30 heavy (non-hydrogen) atoms. The van der Waals surface area contributed by atoms with Crippen LogP contribution in [0.15, 0.2) is 53.1 Å². The van der Waals surface area contributed by atoms with Crippen molar-refractivity contribution in [2.75, 3.05) is 19.6 Å². The van der Waals surface area contributed by atoms with E-state index in [1.54, 1.807) is 6.26 Å². The fourth-order valence-corrected chi connectivity index (χ4v) is 4.93. The molecule has 1 aromatic carbocycles. The van der Waals surface area contributed by atoms with Gasteiger partial charge in [-0.25, -0.2) is 0 Å². The average molecular weight is 409 g/mol. The van der Waals surface area contributed by atoms with Crippen LogP contribution in [0.2, 0.25) is 0 Å². The summed E-state index contributed by atoms with van der Waals surface area (Å²) >= 11 is 0. The number of benzene rings is 1. The molecule has 4 rings (SSSR count). The third kappa shape index (κ3) is 4.94. The van der Waals surface area contributed by atoms with Gasteiger partial charge in [0.1, 0.15) is 5.76 Å². The van der Waals surface area contributed by atoms with Crippen LogP contribution >= 0.6 is 0 Å². The van der Waals surface area contributed by atoms with Crippen LogP contribution < -0.4 is 5.32 Å². The van der Waals surface area contributed by atoms with E-state index in [0.717, 1.165) is 37.9 Å². The average Bonchev–Trinajstić information content (AvgIpc) is 3.51. The third-order valence-electron chi connectivity index (χ3n) is 6.70. The zero-order valence-electron chi connectivity index (χ0n) is 17.6. The van der Waals surface area contributed by atoms with Gasteiger partial charge in [-0.1, -0.05) is 43.2 Å². The van der Waals surface area contributed by atoms with E-state index in [-0.39, 0.29) is 23.7 Å². The van der Waals surface area contributed by atoms with Gasteiger partial charge in [-0.2, -0.15) is 0 Å². The molecule has 1 saturated heterocycles. The maximum atomic E-state index is 12.7. The Labute approximate surface area is 178 Å². The zero-order valence-corrected chi connectivity index (χ0v) is 17.6. The second kappa shape index (κ2) is 9.96. The SMILES string of the molecule is O=C(NCC[C@H](c1ccccc1)c1ccco1)C1CCN(C(=O)C2CCCC2)CC1. The van der Waals surface area contributed by atoms with E-state index in [0.29, 0.717) is 25.5 Å². The topological polar surface area (TPSA) is 62.6 Å². The van der Waals surface area contributed by atoms with Crippen molar-refractivity contribution < 1.29 is 14.0 Å². The molecular formula is C25H32N2O3. The number of nitrogens with zero attached hydrogens (tertiary/aromatic N) is 1. The summed E-state index contributed by atoms with van der Waals surface area (Å²) in [7, 11) is 0. The minimum Gasteiger partial charge on any atom is -0.469 e. The zero-order chi connectivity index (χ0) is 20.8. The first kappa shape index (κ1) is 20.7. The van der Waals surface area contributed by atoms with E-state index < -0.39 is 0 Å². The van der Waals surface area contributed by atoms with Crippen LogP contribution in [0.1, 0.15) is 62.2 Å². The van der Waals surface area contributed by atoms with Crippen LogP contribution in [0, 0.1) is 11.8 Å². The summed E-state index contributed by atoms with van der Waals surface area (Å²) in [6.45, 7) is 2.04. The first-order chi connectivity index (χ1) is 14.7. The van der Waals surface area contributed by atoms with Gasteiger partial charge in [0, 0.05) is 37.4 Å². The van der Waals surface area contributed by atoms with Gasteiger partial charge in [0.25, 0.3) is 0 Å². The van der Waals surface area contributed by atoms with Crippen LogP contribution in [0.3, 0.4) is 0 Å². The number of hydrogen-bond donors (Lipinski definition) is 1. The number of furan rings is 1. The molecule has 1 saturated carbocycles. The van der Waals surface area contributed by atoms with Gasteiger partial charge in [-0.05, 0) is 49.8 Å². The van der Waals surface area contributed by atoms with Crippen molar-refractivity contribution >= 4 is 11.8 Å². The smallest absolute Gasteiger partial charge is 0.225 e. The molecule has 0 radical (unpaired) electrons. The Morgan fingerprint density at radius 1 is 0.967 bits per heavy atom. The summed E-state index contributed by atoms with van der Waals surface area (Å²) < 4.78 is 5.65. The normalized spacial score (nSPS) is 19.0. The number of nitrogens with one attached hydrogen (secondary N) is 1. The highest BCUT2D eigenvalue weighted by Gasteiger charge is 2.32. The highest BCUT2D eigenvalue weighted by Crippen LogP contribution is 2.29. The van der Waals surface area contributed by atoms with Gasteiger partial charge in [0.2, 0.25) is 11.8 Å². The molecule has 160 valence electrons. The number of carbonyl (C=O) groups excluding carboxylic acids is 2. The fraction of sp³-hybridized carbons (Fsp3) is 0.520. The predicted molar refractivity (Wildman–Crippen MR) is 116 cm³/mol. The lowest BCUT2D eigenvalue weighted by molar-refractivity contribution is -0.139. The van der Waals surface area contributed by atoms with Crippen molar-refractivity contribution in [3.63, 3.8) is 0 Å². The molecule has 5 heteroatoms. The summed E-state index contributed by atoms with van der Waals surface area (Å²) in [4.78, 5) is 27.3. The van der Waals surface area contributed by atoms with Gasteiger partial charge >= 0.3 is 0 Å². The Hall–Kier alpha value is -2.56. The van der Waals surface area contributed by atoms with Crippen molar-refractivity contribution in [1.29, 1.82) is 0 Å². The molecule has 1 aromatic heterocycles. The van der Waals surface area contributed by atoms with Gasteiger partial charge in [0.15, 0.2) is 0 Å². The molecule has 1 N–H and O–H groups in total. The quantitative estimate of drug-likeness (QED) is 0.741. The second-order valence-corrected chi connectivity index (χ2v) is 8.64. The van der Waals surface area contributed by atoms with Crippen LogP contribution in [0.4, 0.5) is 0 Å². The van der Waals surface area contributed by atoms with E-state index >= 15 is 0 Å². The molecule has 0 unspecified atom stereocenters. The minimum absolute atomic E-state index is 0.0106. The second-order valence-electron chi connectivity index (χ2n) is 8.64. The van der Waals surface area contributed by atoms with E-state index in [2.05, 4.69) is 17.4 Å². The number of amides is 2. The molecule has 2 aliphatic rings. The molecular weight excluding hydrogens is 376 g/mol. The van der Waals surface area contributed by atoms with E-state index in [1.165, 1.54) is 18.4 Å². The Balaban J connectivity index is 1.25. The maximum absolute atomic E-state index is 12.7. The summed E-state index contributed by atoms with van der Waals surface area (Å²) in [6.07, 6.45) is 8.46. The first-order valence-electron chi connectivity index (χ1n) is 11.4. The molecule has 1 atom stereocenters. The van der Waals surface area contributed by atoms with Gasteiger partial charge < -0.3 is 14.6 Å². The van der Waals surface area contributed by atoms with Gasteiger partial charge in [0.05, 0.1) is 6.26 Å². The van der Waals surface area contributed by atoms with E-state index in [9.17, 15) is 9.59 Å². The molecule has 0 spiro atoms. The fourth-order valence-electron chi connectivity index (χ4n) is 4.93. The molecule has 5 nitrogen and oxygen atoms in total. The number of rotatable bonds is 7. The maximum Gasteiger partial charge on any atom is 0.225 e. The summed E-state index contributed by atoms with van der Waals surface area (Å²) in [5.74, 6) is 1.73. The Kier molecular flexibility index (Phi) is 6.88. The van der Waals surface area contributed by atoms with Crippen LogP contribution in [-0.2, 0) is 9.59 Å². The summed E-state index contributed by atoms with van der Waals surface area (Å²) in [6, 6.07) is 14.2.